The Kier molecular flexibility index (Phi) is 13.0. The van der Waals surface area contributed by atoms with E-state index in [4.69, 9.17) is 0 Å². The molecule has 0 aromatic carbocycles. The Hall–Kier alpha value is 1.75. The zero-order chi connectivity index (χ0) is 11.3. The van der Waals surface area contributed by atoms with Crippen LogP contribution in [-0.2, 0) is 0 Å². The molecule has 1 saturated heterocycles. The molecule has 0 nitrogen and oxygen atoms in total. The fourth-order valence-electron chi connectivity index (χ4n) is 1.24. The molecule has 0 N–H and O–H groups in total. The first-order chi connectivity index (χ1) is 8.00. The Bertz CT molecular complexity index is 78.3. The summed E-state index contributed by atoms with van der Waals surface area (Å²) in [7, 11) is 0. The van der Waals surface area contributed by atoms with Crippen molar-refractivity contribution in [1.29, 1.82) is 0 Å². The Morgan fingerprint density at radius 2 is 0.562 bits per heavy atom. The van der Waals surface area contributed by atoms with Gasteiger partial charge in [0.05, 0.1) is 0 Å². The predicted octanol–water partition coefficient (Wildman–Crippen LogP) is 4.06. The van der Waals surface area contributed by atoms with Crippen molar-refractivity contribution in [3.63, 3.8) is 0 Å². The molecule has 0 atom stereocenters. The van der Waals surface area contributed by atoms with Crippen LogP contribution in [0.1, 0.15) is 6.42 Å². The molecule has 1 rings (SSSR count). The first-order valence-electron chi connectivity index (χ1n) is 5.89. The first kappa shape index (κ1) is 15.8. The quantitative estimate of drug-likeness (QED) is 0.659. The molecule has 1 aliphatic heterocycles. The molecule has 0 aromatic rings. The van der Waals surface area contributed by atoms with Crippen molar-refractivity contribution >= 4 is 58.8 Å². The highest BCUT2D eigenvalue weighted by Gasteiger charge is 1.96. The van der Waals surface area contributed by atoms with Crippen molar-refractivity contribution in [2.75, 3.05) is 57.5 Å². The largest absolute Gasteiger partial charge is 0.161 e. The number of thioether (sulfide) groups is 5. The standard InChI is InChI=1S/C11H22S5/c1-2-12-4-6-14-8-10-16-11-9-15-7-5-13-3-1/h1-11H2. The van der Waals surface area contributed by atoms with Gasteiger partial charge in [-0.2, -0.15) is 58.8 Å². The van der Waals surface area contributed by atoms with E-state index in [1.807, 2.05) is 0 Å². The zero-order valence-corrected chi connectivity index (χ0v) is 13.9. The van der Waals surface area contributed by atoms with E-state index in [0.29, 0.717) is 0 Å². The maximum atomic E-state index is 2.14. The van der Waals surface area contributed by atoms with Gasteiger partial charge >= 0.3 is 0 Å². The SMILES string of the molecule is C1CSCCSCCSCCSCCSC1. The zero-order valence-electron chi connectivity index (χ0n) is 9.82. The molecule has 0 saturated carbocycles. The van der Waals surface area contributed by atoms with Gasteiger partial charge in [0.25, 0.3) is 0 Å². The van der Waals surface area contributed by atoms with Gasteiger partial charge in [-0.05, 0) is 17.9 Å². The van der Waals surface area contributed by atoms with Crippen LogP contribution >= 0.6 is 58.8 Å². The highest BCUT2D eigenvalue weighted by atomic mass is 32.2. The van der Waals surface area contributed by atoms with Crippen molar-refractivity contribution in [3.05, 3.63) is 0 Å². The second-order valence-corrected chi connectivity index (χ2v) is 9.54. The lowest BCUT2D eigenvalue weighted by atomic mass is 10.6. The minimum absolute atomic E-state index is 1.35. The Balaban J connectivity index is 2.00. The summed E-state index contributed by atoms with van der Waals surface area (Å²) >= 11 is 10.7. The third kappa shape index (κ3) is 10.9. The van der Waals surface area contributed by atoms with Crippen LogP contribution in [0, 0.1) is 0 Å². The van der Waals surface area contributed by atoms with Gasteiger partial charge in [-0.25, -0.2) is 0 Å². The van der Waals surface area contributed by atoms with Crippen LogP contribution in [0.4, 0.5) is 0 Å². The summed E-state index contributed by atoms with van der Waals surface area (Å²) in [5.74, 6) is 13.6. The fourth-order valence-corrected chi connectivity index (χ4v) is 6.92. The normalized spacial score (nSPS) is 24.0. The molecule has 96 valence electrons. The van der Waals surface area contributed by atoms with Crippen LogP contribution in [0.5, 0.6) is 0 Å². The van der Waals surface area contributed by atoms with Gasteiger partial charge in [-0.3, -0.25) is 0 Å². The maximum absolute atomic E-state index is 2.14. The van der Waals surface area contributed by atoms with Crippen molar-refractivity contribution < 1.29 is 0 Å². The molecule has 1 heterocycles. The summed E-state index contributed by atoms with van der Waals surface area (Å²) in [6, 6.07) is 0. The van der Waals surface area contributed by atoms with E-state index in [2.05, 4.69) is 58.8 Å². The van der Waals surface area contributed by atoms with Crippen LogP contribution < -0.4 is 0 Å². The average Bonchev–Trinajstić information content (AvgIpc) is 2.29. The molecule has 0 amide bonds. The molecule has 1 aliphatic rings. The van der Waals surface area contributed by atoms with Gasteiger partial charge < -0.3 is 0 Å². The first-order valence-corrected chi connectivity index (χ1v) is 11.7. The second-order valence-electron chi connectivity index (χ2n) is 3.42. The molecule has 0 spiro atoms. The summed E-state index contributed by atoms with van der Waals surface area (Å²) in [6.45, 7) is 0. The lowest BCUT2D eigenvalue weighted by Crippen LogP contribution is -1.96. The lowest BCUT2D eigenvalue weighted by Gasteiger charge is -2.05. The van der Waals surface area contributed by atoms with Gasteiger partial charge in [0.15, 0.2) is 0 Å². The molecule has 0 aliphatic carbocycles. The van der Waals surface area contributed by atoms with Gasteiger partial charge in [0, 0.05) is 46.0 Å². The highest BCUT2D eigenvalue weighted by molar-refractivity contribution is 8.06. The molecule has 0 aromatic heterocycles. The molecule has 0 unspecified atom stereocenters. The number of hydrogen-bond donors (Lipinski definition) is 0. The Morgan fingerprint density at radius 1 is 0.312 bits per heavy atom. The fraction of sp³-hybridized carbons (Fsp3) is 1.00. The monoisotopic (exact) mass is 314 g/mol. The lowest BCUT2D eigenvalue weighted by molar-refractivity contribution is 1.12. The third-order valence-electron chi connectivity index (χ3n) is 2.07. The van der Waals surface area contributed by atoms with Crippen LogP contribution in [0.25, 0.3) is 0 Å². The van der Waals surface area contributed by atoms with Crippen molar-refractivity contribution in [3.8, 4) is 0 Å². The number of hydrogen-bond acceptors (Lipinski definition) is 5. The summed E-state index contributed by atoms with van der Waals surface area (Å²) in [6.07, 6.45) is 1.40. The smallest absolute Gasteiger partial charge is 0.00238 e. The average molecular weight is 315 g/mol. The Labute approximate surface area is 122 Å². The summed E-state index contributed by atoms with van der Waals surface area (Å²) in [5.41, 5.74) is 0. The topological polar surface area (TPSA) is 0 Å². The van der Waals surface area contributed by atoms with E-state index < -0.39 is 0 Å². The van der Waals surface area contributed by atoms with Gasteiger partial charge in [-0.15, -0.1) is 0 Å². The van der Waals surface area contributed by atoms with E-state index in [9.17, 15) is 0 Å². The summed E-state index contributed by atoms with van der Waals surface area (Å²) in [4.78, 5) is 0. The second kappa shape index (κ2) is 13.2. The third-order valence-corrected chi connectivity index (χ3v) is 8.20. The van der Waals surface area contributed by atoms with Crippen LogP contribution in [0.3, 0.4) is 0 Å². The molecule has 16 heavy (non-hydrogen) atoms. The molecule has 0 radical (unpaired) electrons. The molecular formula is C11H22S5. The Morgan fingerprint density at radius 3 is 0.875 bits per heavy atom. The minimum Gasteiger partial charge on any atom is -0.161 e. The van der Waals surface area contributed by atoms with Gasteiger partial charge in [-0.1, -0.05) is 0 Å². The van der Waals surface area contributed by atoms with Gasteiger partial charge in [0.1, 0.15) is 0 Å². The predicted molar refractivity (Wildman–Crippen MR) is 91.2 cm³/mol. The van der Waals surface area contributed by atoms with Crippen molar-refractivity contribution in [1.82, 2.24) is 0 Å². The van der Waals surface area contributed by atoms with E-state index in [1.165, 1.54) is 63.9 Å². The summed E-state index contributed by atoms with van der Waals surface area (Å²) < 4.78 is 0. The molecule has 5 heteroatoms. The van der Waals surface area contributed by atoms with Crippen molar-refractivity contribution in [2.45, 2.75) is 6.42 Å². The van der Waals surface area contributed by atoms with Gasteiger partial charge in [0.2, 0.25) is 0 Å². The van der Waals surface area contributed by atoms with E-state index in [-0.39, 0.29) is 0 Å². The van der Waals surface area contributed by atoms with E-state index >= 15 is 0 Å². The minimum atomic E-state index is 1.35. The van der Waals surface area contributed by atoms with Crippen molar-refractivity contribution in [2.24, 2.45) is 0 Å². The maximum Gasteiger partial charge on any atom is 0.00238 e. The van der Waals surface area contributed by atoms with Crippen LogP contribution in [-0.4, -0.2) is 57.5 Å². The van der Waals surface area contributed by atoms with Crippen LogP contribution in [0.15, 0.2) is 0 Å². The summed E-state index contributed by atoms with van der Waals surface area (Å²) in [5, 5.41) is 0. The van der Waals surface area contributed by atoms with E-state index in [1.54, 1.807) is 0 Å². The molecular weight excluding hydrogens is 292 g/mol. The molecule has 1 fully saturated rings. The molecule has 0 bridgehead atoms. The van der Waals surface area contributed by atoms with E-state index in [0.717, 1.165) is 0 Å². The van der Waals surface area contributed by atoms with Crippen LogP contribution in [0.2, 0.25) is 0 Å². The highest BCUT2D eigenvalue weighted by Crippen LogP contribution is 2.15. The number of rotatable bonds is 0.